The van der Waals surface area contributed by atoms with E-state index in [-0.39, 0.29) is 17.7 Å². The van der Waals surface area contributed by atoms with E-state index in [1.807, 2.05) is 0 Å². The lowest BCUT2D eigenvalue weighted by molar-refractivity contribution is -0.128. The van der Waals surface area contributed by atoms with Crippen molar-refractivity contribution in [1.82, 2.24) is 16.0 Å². The average Bonchev–Trinajstić information content (AvgIpc) is 2.83. The topological polar surface area (TPSA) is 70.2 Å². The van der Waals surface area contributed by atoms with E-state index in [0.29, 0.717) is 25.4 Å². The van der Waals surface area contributed by atoms with Crippen LogP contribution in [0.5, 0.6) is 0 Å². The Labute approximate surface area is 102 Å². The Balaban J connectivity index is 1.61. The molecule has 0 bridgehead atoms. The number of nitrogens with one attached hydrogen (secondary N) is 3. The first-order valence-electron chi connectivity index (χ1n) is 6.53. The maximum absolute atomic E-state index is 11.8. The summed E-state index contributed by atoms with van der Waals surface area (Å²) >= 11 is 0. The molecule has 2 rings (SSSR count). The van der Waals surface area contributed by atoms with Gasteiger partial charge in [0.1, 0.15) is 0 Å². The minimum atomic E-state index is -0.0377. The summed E-state index contributed by atoms with van der Waals surface area (Å²) in [4.78, 5) is 22.8. The van der Waals surface area contributed by atoms with Gasteiger partial charge in [0.25, 0.3) is 0 Å². The Morgan fingerprint density at radius 2 is 2.29 bits per heavy atom. The SMILES string of the molecule is O=C1CCC(C(=O)NCC[C@H]2CCCN2)CN1. The highest BCUT2D eigenvalue weighted by molar-refractivity contribution is 5.83. The predicted octanol–water partition coefficient (Wildman–Crippen LogP) is -0.229. The molecule has 0 spiro atoms. The number of carbonyl (C=O) groups is 2. The molecule has 2 aliphatic rings. The Morgan fingerprint density at radius 3 is 2.94 bits per heavy atom. The smallest absolute Gasteiger partial charge is 0.224 e. The van der Waals surface area contributed by atoms with Gasteiger partial charge in [-0.2, -0.15) is 0 Å². The van der Waals surface area contributed by atoms with Gasteiger partial charge in [-0.1, -0.05) is 0 Å². The average molecular weight is 239 g/mol. The van der Waals surface area contributed by atoms with E-state index in [1.165, 1.54) is 12.8 Å². The number of piperidine rings is 1. The first-order valence-corrected chi connectivity index (χ1v) is 6.53. The molecule has 0 aromatic rings. The summed E-state index contributed by atoms with van der Waals surface area (Å²) in [5.41, 5.74) is 0. The third-order valence-electron chi connectivity index (χ3n) is 3.59. The first-order chi connectivity index (χ1) is 8.25. The summed E-state index contributed by atoms with van der Waals surface area (Å²) in [6.07, 6.45) is 4.62. The van der Waals surface area contributed by atoms with E-state index < -0.39 is 0 Å². The van der Waals surface area contributed by atoms with Crippen LogP contribution in [0.2, 0.25) is 0 Å². The molecule has 17 heavy (non-hydrogen) atoms. The van der Waals surface area contributed by atoms with E-state index in [4.69, 9.17) is 0 Å². The van der Waals surface area contributed by atoms with Crippen molar-refractivity contribution >= 4 is 11.8 Å². The van der Waals surface area contributed by atoms with Gasteiger partial charge in [-0.25, -0.2) is 0 Å². The molecule has 2 saturated heterocycles. The highest BCUT2D eigenvalue weighted by Gasteiger charge is 2.24. The van der Waals surface area contributed by atoms with Crippen LogP contribution in [0.25, 0.3) is 0 Å². The van der Waals surface area contributed by atoms with Crippen LogP contribution in [-0.4, -0.2) is 37.5 Å². The first kappa shape index (κ1) is 12.4. The van der Waals surface area contributed by atoms with Gasteiger partial charge in [0, 0.05) is 25.6 Å². The third kappa shape index (κ3) is 3.70. The maximum atomic E-state index is 11.8. The Kier molecular flexibility index (Phi) is 4.36. The number of rotatable bonds is 4. The van der Waals surface area contributed by atoms with Crippen molar-refractivity contribution in [2.45, 2.75) is 38.1 Å². The zero-order chi connectivity index (χ0) is 12.1. The van der Waals surface area contributed by atoms with Crippen molar-refractivity contribution in [2.24, 2.45) is 5.92 Å². The second-order valence-corrected chi connectivity index (χ2v) is 4.91. The van der Waals surface area contributed by atoms with E-state index in [2.05, 4.69) is 16.0 Å². The molecule has 2 heterocycles. The van der Waals surface area contributed by atoms with E-state index in [0.717, 1.165) is 19.5 Å². The second kappa shape index (κ2) is 6.00. The molecule has 5 nitrogen and oxygen atoms in total. The molecule has 0 saturated carbocycles. The highest BCUT2D eigenvalue weighted by atomic mass is 16.2. The fraction of sp³-hybridized carbons (Fsp3) is 0.833. The van der Waals surface area contributed by atoms with Crippen molar-refractivity contribution in [3.05, 3.63) is 0 Å². The molecule has 96 valence electrons. The Bertz CT molecular complexity index is 277. The Morgan fingerprint density at radius 1 is 1.41 bits per heavy atom. The second-order valence-electron chi connectivity index (χ2n) is 4.91. The summed E-state index contributed by atoms with van der Waals surface area (Å²) in [5, 5.41) is 9.10. The van der Waals surface area contributed by atoms with Crippen molar-refractivity contribution in [1.29, 1.82) is 0 Å². The molecule has 2 atom stereocenters. The van der Waals surface area contributed by atoms with Gasteiger partial charge in [0.2, 0.25) is 11.8 Å². The van der Waals surface area contributed by atoms with Crippen LogP contribution in [0.3, 0.4) is 0 Å². The molecule has 2 amide bonds. The van der Waals surface area contributed by atoms with Crippen molar-refractivity contribution in [3.63, 3.8) is 0 Å². The van der Waals surface area contributed by atoms with Crippen LogP contribution in [-0.2, 0) is 9.59 Å². The molecule has 1 unspecified atom stereocenters. The minimum Gasteiger partial charge on any atom is -0.356 e. The lowest BCUT2D eigenvalue weighted by atomic mass is 9.98. The standard InChI is InChI=1S/C12H21N3O2/c16-11-4-3-9(8-15-11)12(17)14-7-5-10-2-1-6-13-10/h9-10,13H,1-8H2,(H,14,17)(H,15,16)/t9?,10-/m1/s1. The molecular weight excluding hydrogens is 218 g/mol. The van der Waals surface area contributed by atoms with Gasteiger partial charge in [-0.15, -0.1) is 0 Å². The normalized spacial score (nSPS) is 28.8. The number of hydrogen-bond donors (Lipinski definition) is 3. The lowest BCUT2D eigenvalue weighted by Crippen LogP contribution is -2.43. The van der Waals surface area contributed by atoms with Gasteiger partial charge >= 0.3 is 0 Å². The quantitative estimate of drug-likeness (QED) is 0.635. The zero-order valence-electron chi connectivity index (χ0n) is 10.1. The van der Waals surface area contributed by atoms with Crippen LogP contribution >= 0.6 is 0 Å². The lowest BCUT2D eigenvalue weighted by Gasteiger charge is -2.22. The summed E-state index contributed by atoms with van der Waals surface area (Å²) < 4.78 is 0. The number of amides is 2. The largest absolute Gasteiger partial charge is 0.356 e. The molecule has 2 aliphatic heterocycles. The van der Waals surface area contributed by atoms with Gasteiger partial charge in [-0.3, -0.25) is 9.59 Å². The number of hydrogen-bond acceptors (Lipinski definition) is 3. The Hall–Kier alpha value is -1.10. The molecule has 5 heteroatoms. The highest BCUT2D eigenvalue weighted by Crippen LogP contribution is 2.11. The van der Waals surface area contributed by atoms with Gasteiger partial charge in [0.05, 0.1) is 5.92 Å². The summed E-state index contributed by atoms with van der Waals surface area (Å²) in [7, 11) is 0. The molecule has 0 aromatic heterocycles. The molecular formula is C12H21N3O2. The minimum absolute atomic E-state index is 0.0377. The van der Waals surface area contributed by atoms with Gasteiger partial charge in [-0.05, 0) is 32.2 Å². The molecule has 0 aliphatic carbocycles. The van der Waals surface area contributed by atoms with Crippen LogP contribution < -0.4 is 16.0 Å². The predicted molar refractivity (Wildman–Crippen MR) is 64.4 cm³/mol. The van der Waals surface area contributed by atoms with Gasteiger partial charge < -0.3 is 16.0 Å². The van der Waals surface area contributed by atoms with Crippen molar-refractivity contribution < 1.29 is 9.59 Å². The van der Waals surface area contributed by atoms with E-state index in [9.17, 15) is 9.59 Å². The molecule has 0 aromatic carbocycles. The summed E-state index contributed by atoms with van der Waals surface area (Å²) in [5.74, 6) is 0.108. The fourth-order valence-electron chi connectivity index (χ4n) is 2.47. The third-order valence-corrected chi connectivity index (χ3v) is 3.59. The maximum Gasteiger partial charge on any atom is 0.224 e. The molecule has 2 fully saturated rings. The van der Waals surface area contributed by atoms with Gasteiger partial charge in [0.15, 0.2) is 0 Å². The monoisotopic (exact) mass is 239 g/mol. The van der Waals surface area contributed by atoms with Crippen molar-refractivity contribution in [2.75, 3.05) is 19.6 Å². The zero-order valence-corrected chi connectivity index (χ0v) is 10.1. The van der Waals surface area contributed by atoms with E-state index in [1.54, 1.807) is 0 Å². The fourth-order valence-corrected chi connectivity index (χ4v) is 2.47. The molecule has 0 radical (unpaired) electrons. The summed E-state index contributed by atoms with van der Waals surface area (Å²) in [6, 6.07) is 0.571. The number of carbonyl (C=O) groups excluding carboxylic acids is 2. The van der Waals surface area contributed by atoms with Crippen LogP contribution in [0.15, 0.2) is 0 Å². The summed E-state index contributed by atoms with van der Waals surface area (Å²) in [6.45, 7) is 2.33. The van der Waals surface area contributed by atoms with Crippen LogP contribution in [0.4, 0.5) is 0 Å². The van der Waals surface area contributed by atoms with E-state index >= 15 is 0 Å². The van der Waals surface area contributed by atoms with Crippen LogP contribution in [0, 0.1) is 5.92 Å². The van der Waals surface area contributed by atoms with Crippen molar-refractivity contribution in [3.8, 4) is 0 Å². The van der Waals surface area contributed by atoms with Crippen LogP contribution in [0.1, 0.15) is 32.1 Å². The molecule has 3 N–H and O–H groups in total.